The molecule has 0 bridgehead atoms. The maximum Gasteiger partial charge on any atom is 0.325 e. The molecule has 1 heterocycles. The van der Waals surface area contributed by atoms with Gasteiger partial charge in [-0.05, 0) is 70.1 Å². The number of esters is 1. The molecule has 3 fully saturated rings. The van der Waals surface area contributed by atoms with Crippen LogP contribution in [0.3, 0.4) is 0 Å². The van der Waals surface area contributed by atoms with E-state index in [9.17, 15) is 28.8 Å². The van der Waals surface area contributed by atoms with Gasteiger partial charge < -0.3 is 31.3 Å². The van der Waals surface area contributed by atoms with Crippen molar-refractivity contribution in [3.8, 4) is 0 Å². The highest BCUT2D eigenvalue weighted by Crippen LogP contribution is 2.43. The van der Waals surface area contributed by atoms with Gasteiger partial charge in [-0.2, -0.15) is 0 Å². The van der Waals surface area contributed by atoms with Crippen LogP contribution in [0.15, 0.2) is 0 Å². The molecule has 0 aromatic carbocycles. The summed E-state index contributed by atoms with van der Waals surface area (Å²) in [6, 6.07) is -3.48. The number of hydrogen-bond acceptors (Lipinski definition) is 7. The van der Waals surface area contributed by atoms with Gasteiger partial charge >= 0.3 is 12.0 Å². The molecular weight excluding hydrogens is 542 g/mol. The van der Waals surface area contributed by atoms with Crippen LogP contribution in [0.2, 0.25) is 0 Å². The van der Waals surface area contributed by atoms with Crippen LogP contribution in [0.25, 0.3) is 0 Å². The number of ether oxygens (including phenoxy) is 1. The van der Waals surface area contributed by atoms with Gasteiger partial charge in [-0.3, -0.25) is 24.0 Å². The Bertz CT molecular complexity index is 1050. The van der Waals surface area contributed by atoms with Crippen molar-refractivity contribution in [2.24, 2.45) is 23.0 Å². The van der Waals surface area contributed by atoms with E-state index in [1.807, 2.05) is 13.8 Å². The van der Waals surface area contributed by atoms with Crippen molar-refractivity contribution in [1.82, 2.24) is 20.9 Å². The first-order chi connectivity index (χ1) is 19.7. The lowest BCUT2D eigenvalue weighted by atomic mass is 9.67. The van der Waals surface area contributed by atoms with E-state index >= 15 is 0 Å². The van der Waals surface area contributed by atoms with Crippen LogP contribution < -0.4 is 21.7 Å². The quantitative estimate of drug-likeness (QED) is 0.198. The van der Waals surface area contributed by atoms with Gasteiger partial charge in [0.2, 0.25) is 17.6 Å². The van der Waals surface area contributed by atoms with Gasteiger partial charge in [0.05, 0.1) is 6.04 Å². The number of carbonyl (C=O) groups excluding carboxylic acids is 6. The Morgan fingerprint density at radius 1 is 1.00 bits per heavy atom. The van der Waals surface area contributed by atoms with Crippen LogP contribution in [0.4, 0.5) is 4.79 Å². The van der Waals surface area contributed by atoms with E-state index in [1.54, 1.807) is 20.8 Å². The lowest BCUT2D eigenvalue weighted by Crippen LogP contribution is -2.62. The van der Waals surface area contributed by atoms with Gasteiger partial charge in [-0.1, -0.05) is 46.0 Å². The summed E-state index contributed by atoms with van der Waals surface area (Å²) >= 11 is 0. The normalized spacial score (nSPS) is 23.3. The lowest BCUT2D eigenvalue weighted by molar-refractivity contribution is -0.153. The SMILES string of the molecule is CCC1(C(NC(=O)NCC(=O)OC(C)(C)C)C(=O)N2CCC(C)C2C(=O)NC(CC2CC2)C(=O)C(N)=O)CCCCC1. The number of amides is 5. The number of nitrogens with two attached hydrogens (primary N) is 1. The van der Waals surface area contributed by atoms with Crippen molar-refractivity contribution in [2.75, 3.05) is 13.1 Å². The van der Waals surface area contributed by atoms with Gasteiger partial charge in [-0.25, -0.2) is 4.79 Å². The predicted molar refractivity (Wildman–Crippen MR) is 155 cm³/mol. The molecule has 4 unspecified atom stereocenters. The molecule has 3 rings (SSSR count). The molecule has 42 heavy (non-hydrogen) atoms. The number of likely N-dealkylation sites (tertiary alicyclic amines) is 1. The molecular formula is C30H49N5O7. The molecule has 0 spiro atoms. The van der Waals surface area contributed by atoms with E-state index in [0.717, 1.165) is 44.9 Å². The fourth-order valence-corrected chi connectivity index (χ4v) is 6.40. The summed E-state index contributed by atoms with van der Waals surface area (Å²) in [4.78, 5) is 78.8. The highest BCUT2D eigenvalue weighted by Gasteiger charge is 2.49. The Labute approximate surface area is 248 Å². The number of rotatable bonds is 12. The predicted octanol–water partition coefficient (Wildman–Crippen LogP) is 1.93. The fraction of sp³-hybridized carbons (Fsp3) is 0.800. The summed E-state index contributed by atoms with van der Waals surface area (Å²) in [5.41, 5.74) is 4.04. The Balaban J connectivity index is 1.80. The zero-order valence-electron chi connectivity index (χ0n) is 25.8. The van der Waals surface area contributed by atoms with E-state index in [4.69, 9.17) is 10.5 Å². The summed E-state index contributed by atoms with van der Waals surface area (Å²) in [7, 11) is 0. The topological polar surface area (TPSA) is 177 Å². The van der Waals surface area contributed by atoms with Gasteiger partial charge in [0, 0.05) is 6.54 Å². The third-order valence-corrected chi connectivity index (χ3v) is 8.90. The van der Waals surface area contributed by atoms with Crippen molar-refractivity contribution in [3.63, 3.8) is 0 Å². The average molecular weight is 592 g/mol. The van der Waals surface area contributed by atoms with E-state index < -0.39 is 58.7 Å². The maximum atomic E-state index is 14.3. The van der Waals surface area contributed by atoms with Crippen LogP contribution in [0.5, 0.6) is 0 Å². The molecule has 4 atom stereocenters. The van der Waals surface area contributed by atoms with Crippen molar-refractivity contribution in [3.05, 3.63) is 0 Å². The maximum absolute atomic E-state index is 14.3. The number of nitrogens with one attached hydrogen (secondary N) is 3. The summed E-state index contributed by atoms with van der Waals surface area (Å²) in [6.07, 6.45) is 7.74. The van der Waals surface area contributed by atoms with Gasteiger partial charge in [0.1, 0.15) is 24.2 Å². The van der Waals surface area contributed by atoms with Crippen molar-refractivity contribution in [2.45, 2.75) is 123 Å². The average Bonchev–Trinajstić information content (AvgIpc) is 3.66. The Hall–Kier alpha value is -3.18. The molecule has 2 aliphatic carbocycles. The van der Waals surface area contributed by atoms with Gasteiger partial charge in [0.25, 0.3) is 5.91 Å². The number of primary amides is 1. The van der Waals surface area contributed by atoms with Crippen LogP contribution in [0, 0.1) is 17.3 Å². The second-order valence-corrected chi connectivity index (χ2v) is 13.3. The Morgan fingerprint density at radius 2 is 1.64 bits per heavy atom. The molecule has 5 N–H and O–H groups in total. The highest BCUT2D eigenvalue weighted by atomic mass is 16.6. The Morgan fingerprint density at radius 3 is 2.19 bits per heavy atom. The third kappa shape index (κ3) is 8.67. The summed E-state index contributed by atoms with van der Waals surface area (Å²) in [5.74, 6) is -3.36. The van der Waals surface area contributed by atoms with E-state index in [0.29, 0.717) is 25.8 Å². The molecule has 2 saturated carbocycles. The largest absolute Gasteiger partial charge is 0.459 e. The summed E-state index contributed by atoms with van der Waals surface area (Å²) in [6.45, 7) is 9.02. The van der Waals surface area contributed by atoms with E-state index in [1.165, 1.54) is 4.90 Å². The first-order valence-corrected chi connectivity index (χ1v) is 15.4. The number of ketones is 1. The molecule has 1 saturated heterocycles. The van der Waals surface area contributed by atoms with Gasteiger partial charge in [-0.15, -0.1) is 0 Å². The molecule has 0 aromatic rings. The molecule has 12 heteroatoms. The smallest absolute Gasteiger partial charge is 0.325 e. The monoisotopic (exact) mass is 591 g/mol. The summed E-state index contributed by atoms with van der Waals surface area (Å²) < 4.78 is 5.27. The first-order valence-electron chi connectivity index (χ1n) is 15.4. The number of urea groups is 1. The molecule has 1 aliphatic heterocycles. The minimum atomic E-state index is -1.10. The molecule has 0 radical (unpaired) electrons. The standard InChI is InChI=1S/C30H49N5O7/c1-6-30(13-8-7-9-14-30)24(34-28(41)32-17-21(36)42-29(3,4)5)27(40)35-15-12-18(2)22(35)26(39)33-20(16-19-10-11-19)23(37)25(31)38/h18-20,22,24H,6-17H2,1-5H3,(H2,31,38)(H,33,39)(H2,32,34,41). The molecule has 236 valence electrons. The third-order valence-electron chi connectivity index (χ3n) is 8.90. The minimum absolute atomic E-state index is 0.204. The molecule has 3 aliphatic rings. The fourth-order valence-electron chi connectivity index (χ4n) is 6.40. The second kappa shape index (κ2) is 13.9. The van der Waals surface area contributed by atoms with Crippen LogP contribution in [-0.2, 0) is 28.7 Å². The Kier molecular flexibility index (Phi) is 11.0. The zero-order chi connectivity index (χ0) is 31.2. The van der Waals surface area contributed by atoms with Crippen LogP contribution >= 0.6 is 0 Å². The van der Waals surface area contributed by atoms with Crippen molar-refractivity contribution in [1.29, 1.82) is 0 Å². The summed E-state index contributed by atoms with van der Waals surface area (Å²) in [5, 5.41) is 8.11. The first kappa shape index (κ1) is 33.3. The number of Topliss-reactive ketones (excluding diaryl/α,β-unsaturated/α-hetero) is 1. The molecule has 0 aromatic heterocycles. The second-order valence-electron chi connectivity index (χ2n) is 13.3. The molecule has 5 amide bonds. The van der Waals surface area contributed by atoms with Crippen LogP contribution in [-0.4, -0.2) is 77.2 Å². The number of carbonyl (C=O) groups is 6. The number of hydrogen-bond donors (Lipinski definition) is 4. The lowest BCUT2D eigenvalue weighted by Gasteiger charge is -2.44. The van der Waals surface area contributed by atoms with Crippen molar-refractivity contribution < 1.29 is 33.5 Å². The zero-order valence-corrected chi connectivity index (χ0v) is 25.8. The number of nitrogens with zero attached hydrogens (tertiary/aromatic N) is 1. The van der Waals surface area contributed by atoms with E-state index in [-0.39, 0.29) is 24.3 Å². The minimum Gasteiger partial charge on any atom is -0.459 e. The molecule has 12 nitrogen and oxygen atoms in total. The van der Waals surface area contributed by atoms with Gasteiger partial charge in [0.15, 0.2) is 0 Å². The van der Waals surface area contributed by atoms with Crippen LogP contribution in [0.1, 0.15) is 98.8 Å². The van der Waals surface area contributed by atoms with Crippen molar-refractivity contribution >= 4 is 35.5 Å². The highest BCUT2D eigenvalue weighted by molar-refractivity contribution is 6.37. The van der Waals surface area contributed by atoms with E-state index in [2.05, 4.69) is 16.0 Å².